The lowest BCUT2D eigenvalue weighted by molar-refractivity contribution is -0.116. The maximum atomic E-state index is 13.5. The van der Waals surface area contributed by atoms with E-state index in [1.807, 2.05) is 89.5 Å². The Morgan fingerprint density at radius 3 is 2.26 bits per heavy atom. The molecule has 2 N–H and O–H groups in total. The number of carbonyl (C=O) groups excluding carboxylic acids is 2. The van der Waals surface area contributed by atoms with Crippen LogP contribution in [0.25, 0.3) is 5.69 Å². The first-order valence-electron chi connectivity index (χ1n) is 11.5. The van der Waals surface area contributed by atoms with Gasteiger partial charge in [0.2, 0.25) is 11.8 Å². The second kappa shape index (κ2) is 10.1. The SMILES string of the molecule is CC(=O)Nc1cccc(-n2c(SC(C(=O)Nc3ccccc3)c3ccccc3)nnc2C2CC2)c1. The van der Waals surface area contributed by atoms with Crippen molar-refractivity contribution in [1.82, 2.24) is 14.8 Å². The van der Waals surface area contributed by atoms with Gasteiger partial charge in [-0.1, -0.05) is 66.4 Å². The Morgan fingerprint density at radius 1 is 0.886 bits per heavy atom. The smallest absolute Gasteiger partial charge is 0.242 e. The van der Waals surface area contributed by atoms with Crippen LogP contribution in [0.1, 0.15) is 42.3 Å². The van der Waals surface area contributed by atoms with Gasteiger partial charge >= 0.3 is 0 Å². The Labute approximate surface area is 208 Å². The number of nitrogens with zero attached hydrogens (tertiary/aromatic N) is 3. The molecule has 0 radical (unpaired) electrons. The number of hydrogen-bond donors (Lipinski definition) is 2. The maximum Gasteiger partial charge on any atom is 0.242 e. The van der Waals surface area contributed by atoms with Crippen LogP contribution in [0.3, 0.4) is 0 Å². The normalized spacial score (nSPS) is 13.7. The standard InChI is InChI=1S/C27H25N5O2S/c1-18(33)28-22-13-8-14-23(17-22)32-25(20-15-16-20)30-31-27(32)35-24(19-9-4-2-5-10-19)26(34)29-21-11-6-3-7-12-21/h2-14,17,20,24H,15-16H2,1H3,(H,28,33)(H,29,34). The van der Waals surface area contributed by atoms with E-state index in [0.29, 0.717) is 16.8 Å². The molecule has 1 heterocycles. The van der Waals surface area contributed by atoms with Gasteiger partial charge in [0.1, 0.15) is 11.1 Å². The molecule has 4 aromatic rings. The summed E-state index contributed by atoms with van der Waals surface area (Å²) >= 11 is 1.37. The lowest BCUT2D eigenvalue weighted by Crippen LogP contribution is -2.19. The van der Waals surface area contributed by atoms with Gasteiger partial charge in [0.25, 0.3) is 0 Å². The minimum atomic E-state index is -0.537. The molecule has 8 heteroatoms. The molecule has 1 aromatic heterocycles. The molecule has 176 valence electrons. The number of amides is 2. The second-order valence-electron chi connectivity index (χ2n) is 8.45. The summed E-state index contributed by atoms with van der Waals surface area (Å²) < 4.78 is 2.01. The van der Waals surface area contributed by atoms with Crippen LogP contribution in [-0.2, 0) is 9.59 Å². The Kier molecular flexibility index (Phi) is 6.63. The average molecular weight is 484 g/mol. The number of anilines is 2. The van der Waals surface area contributed by atoms with Gasteiger partial charge in [-0.15, -0.1) is 10.2 Å². The van der Waals surface area contributed by atoms with Crippen molar-refractivity contribution in [2.24, 2.45) is 0 Å². The van der Waals surface area contributed by atoms with E-state index in [9.17, 15) is 9.59 Å². The van der Waals surface area contributed by atoms with Crippen molar-refractivity contribution >= 4 is 35.0 Å². The highest BCUT2D eigenvalue weighted by Gasteiger charge is 2.33. The Bertz CT molecular complexity index is 1340. The predicted octanol–water partition coefficient (Wildman–Crippen LogP) is 5.58. The van der Waals surface area contributed by atoms with Gasteiger partial charge in [-0.3, -0.25) is 14.2 Å². The first-order chi connectivity index (χ1) is 17.1. The Hall–Kier alpha value is -3.91. The molecule has 1 fully saturated rings. The fourth-order valence-corrected chi connectivity index (χ4v) is 4.93. The zero-order valence-electron chi connectivity index (χ0n) is 19.2. The summed E-state index contributed by atoms with van der Waals surface area (Å²) in [6, 6.07) is 26.7. The molecule has 1 atom stereocenters. The van der Waals surface area contributed by atoms with Crippen molar-refractivity contribution in [1.29, 1.82) is 0 Å². The van der Waals surface area contributed by atoms with Crippen molar-refractivity contribution < 1.29 is 9.59 Å². The molecule has 1 saturated carbocycles. The molecule has 1 aliphatic rings. The van der Waals surface area contributed by atoms with Crippen LogP contribution >= 0.6 is 11.8 Å². The first-order valence-corrected chi connectivity index (χ1v) is 12.4. The molecular weight excluding hydrogens is 458 g/mol. The van der Waals surface area contributed by atoms with Gasteiger partial charge in [0, 0.05) is 24.2 Å². The summed E-state index contributed by atoms with van der Waals surface area (Å²) in [4.78, 5) is 25.1. The van der Waals surface area contributed by atoms with E-state index in [4.69, 9.17) is 0 Å². The van der Waals surface area contributed by atoms with Crippen molar-refractivity contribution in [3.8, 4) is 5.69 Å². The lowest BCUT2D eigenvalue weighted by atomic mass is 10.1. The van der Waals surface area contributed by atoms with Crippen LogP contribution in [0, 0.1) is 0 Å². The molecule has 7 nitrogen and oxygen atoms in total. The third-order valence-corrected chi connectivity index (χ3v) is 6.83. The molecule has 35 heavy (non-hydrogen) atoms. The van der Waals surface area contributed by atoms with E-state index in [1.54, 1.807) is 0 Å². The first kappa shape index (κ1) is 22.9. The van der Waals surface area contributed by atoms with Crippen LogP contribution in [0.4, 0.5) is 11.4 Å². The molecule has 0 saturated heterocycles. The summed E-state index contributed by atoms with van der Waals surface area (Å²) in [6.45, 7) is 1.48. The summed E-state index contributed by atoms with van der Waals surface area (Å²) in [7, 11) is 0. The van der Waals surface area contributed by atoms with Crippen LogP contribution in [-0.4, -0.2) is 26.6 Å². The maximum absolute atomic E-state index is 13.5. The molecule has 0 bridgehead atoms. The quantitative estimate of drug-likeness (QED) is 0.320. The number of benzene rings is 3. The summed E-state index contributed by atoms with van der Waals surface area (Å²) in [5.74, 6) is 0.948. The van der Waals surface area contributed by atoms with Crippen LogP contribution in [0.15, 0.2) is 90.1 Å². The van der Waals surface area contributed by atoms with Gasteiger partial charge in [-0.2, -0.15) is 0 Å². The average Bonchev–Trinajstić information content (AvgIpc) is 3.62. The predicted molar refractivity (Wildman–Crippen MR) is 138 cm³/mol. The number of hydrogen-bond acceptors (Lipinski definition) is 5. The topological polar surface area (TPSA) is 88.9 Å². The highest BCUT2D eigenvalue weighted by atomic mass is 32.2. The minimum absolute atomic E-state index is 0.135. The van der Waals surface area contributed by atoms with E-state index in [0.717, 1.165) is 35.6 Å². The largest absolute Gasteiger partial charge is 0.326 e. The van der Waals surface area contributed by atoms with Gasteiger partial charge in [0.05, 0.1) is 5.69 Å². The number of thioether (sulfide) groups is 1. The lowest BCUT2D eigenvalue weighted by Gasteiger charge is -2.18. The van der Waals surface area contributed by atoms with Crippen molar-refractivity contribution in [2.45, 2.75) is 36.1 Å². The third-order valence-electron chi connectivity index (χ3n) is 5.63. The minimum Gasteiger partial charge on any atom is -0.326 e. The van der Waals surface area contributed by atoms with E-state index in [2.05, 4.69) is 20.8 Å². The number of nitrogens with one attached hydrogen (secondary N) is 2. The fourth-order valence-electron chi connectivity index (χ4n) is 3.87. The van der Waals surface area contributed by atoms with Crippen LogP contribution < -0.4 is 10.6 Å². The molecule has 3 aromatic carbocycles. The van der Waals surface area contributed by atoms with E-state index >= 15 is 0 Å². The van der Waals surface area contributed by atoms with Crippen molar-refractivity contribution in [3.05, 3.63) is 96.3 Å². The summed E-state index contributed by atoms with van der Waals surface area (Å²) in [5, 5.41) is 15.0. The summed E-state index contributed by atoms with van der Waals surface area (Å²) in [5.41, 5.74) is 3.16. The highest BCUT2D eigenvalue weighted by molar-refractivity contribution is 8.00. The molecule has 0 spiro atoms. The van der Waals surface area contributed by atoms with E-state index in [1.165, 1.54) is 18.7 Å². The van der Waals surface area contributed by atoms with Crippen LogP contribution in [0.5, 0.6) is 0 Å². The van der Waals surface area contributed by atoms with Gasteiger partial charge in [-0.25, -0.2) is 0 Å². The molecule has 2 amide bonds. The number of para-hydroxylation sites is 1. The zero-order valence-corrected chi connectivity index (χ0v) is 20.0. The third kappa shape index (κ3) is 5.44. The number of carbonyl (C=O) groups is 2. The van der Waals surface area contributed by atoms with Gasteiger partial charge in [-0.05, 0) is 48.7 Å². The van der Waals surface area contributed by atoms with Crippen molar-refractivity contribution in [3.63, 3.8) is 0 Å². The molecule has 1 unspecified atom stereocenters. The Balaban J connectivity index is 1.52. The van der Waals surface area contributed by atoms with Gasteiger partial charge in [0.15, 0.2) is 5.16 Å². The molecule has 0 aliphatic heterocycles. The Morgan fingerprint density at radius 2 is 1.57 bits per heavy atom. The number of aromatic nitrogens is 3. The molecule has 1 aliphatic carbocycles. The van der Waals surface area contributed by atoms with Gasteiger partial charge < -0.3 is 10.6 Å². The number of rotatable bonds is 8. The second-order valence-corrected chi connectivity index (χ2v) is 9.52. The fraction of sp³-hybridized carbons (Fsp3) is 0.185. The highest BCUT2D eigenvalue weighted by Crippen LogP contribution is 2.43. The van der Waals surface area contributed by atoms with E-state index < -0.39 is 5.25 Å². The zero-order chi connectivity index (χ0) is 24.2. The molecule has 5 rings (SSSR count). The molecular formula is C27H25N5O2S. The summed E-state index contributed by atoms with van der Waals surface area (Å²) in [6.07, 6.45) is 2.12. The monoisotopic (exact) mass is 483 g/mol. The van der Waals surface area contributed by atoms with Crippen molar-refractivity contribution in [2.75, 3.05) is 10.6 Å². The van der Waals surface area contributed by atoms with E-state index in [-0.39, 0.29) is 11.8 Å². The van der Waals surface area contributed by atoms with Crippen LogP contribution in [0.2, 0.25) is 0 Å².